The second-order valence-corrected chi connectivity index (χ2v) is 8.11. The number of aryl methyl sites for hydroxylation is 1. The summed E-state index contributed by atoms with van der Waals surface area (Å²) in [6.45, 7) is 2.20. The summed E-state index contributed by atoms with van der Waals surface area (Å²) in [5, 5.41) is 0. The van der Waals surface area contributed by atoms with E-state index in [-0.39, 0.29) is 4.90 Å². The van der Waals surface area contributed by atoms with Crippen LogP contribution in [0.3, 0.4) is 0 Å². The summed E-state index contributed by atoms with van der Waals surface area (Å²) < 4.78 is 48.0. The minimum absolute atomic E-state index is 0.352. The summed E-state index contributed by atoms with van der Waals surface area (Å²) >= 11 is 0. The van der Waals surface area contributed by atoms with Crippen LogP contribution < -0.4 is 0 Å². The molecule has 0 heterocycles. The van der Waals surface area contributed by atoms with Gasteiger partial charge < -0.3 is 0 Å². The lowest BCUT2D eigenvalue weighted by Crippen LogP contribution is -2.11. The van der Waals surface area contributed by atoms with Crippen molar-refractivity contribution in [2.24, 2.45) is 0 Å². The fraction of sp³-hybridized carbons (Fsp3) is 0.400. The molecule has 2 aromatic carbocycles. The summed E-state index contributed by atoms with van der Waals surface area (Å²) in [4.78, 5) is -0.352. The third kappa shape index (κ3) is 5.36. The molecular weight excluding hydrogens is 342 g/mol. The van der Waals surface area contributed by atoms with Crippen LogP contribution in [-0.2, 0) is 16.3 Å². The molecule has 0 saturated carbocycles. The fourth-order valence-corrected chi connectivity index (χ4v) is 3.46. The van der Waals surface area contributed by atoms with Crippen molar-refractivity contribution in [3.8, 4) is 11.1 Å². The maximum atomic E-state index is 12.5. The van der Waals surface area contributed by atoms with Gasteiger partial charge in [0.05, 0.1) is 4.90 Å². The Bertz CT molecular complexity index is 751. The van der Waals surface area contributed by atoms with Gasteiger partial charge in [0.15, 0.2) is 0 Å². The van der Waals surface area contributed by atoms with E-state index in [1.165, 1.54) is 49.8 Å². The summed E-state index contributed by atoms with van der Waals surface area (Å²) in [6.07, 6.45) is 7.29. The van der Waals surface area contributed by atoms with Crippen molar-refractivity contribution in [3.05, 3.63) is 54.1 Å². The fourth-order valence-electron chi connectivity index (χ4n) is 2.74. The van der Waals surface area contributed by atoms with Crippen LogP contribution in [0, 0.1) is 0 Å². The minimum Gasteiger partial charge on any atom is -0.218 e. The van der Waals surface area contributed by atoms with Crippen molar-refractivity contribution in [1.82, 2.24) is 0 Å². The van der Waals surface area contributed by atoms with Gasteiger partial charge in [-0.15, -0.1) is 0 Å². The SMILES string of the molecule is CCCCCCCc1ccc(-c2ccc(S(=O)(=O)C(F)F)cc2)cc1. The van der Waals surface area contributed by atoms with Gasteiger partial charge >= 0.3 is 5.76 Å². The molecular formula is C20H24F2O2S. The summed E-state index contributed by atoms with van der Waals surface area (Å²) in [6, 6.07) is 13.7. The number of sulfone groups is 1. The molecule has 0 unspecified atom stereocenters. The van der Waals surface area contributed by atoms with Crippen LogP contribution in [0.2, 0.25) is 0 Å². The van der Waals surface area contributed by atoms with Crippen LogP contribution in [0.4, 0.5) is 8.78 Å². The van der Waals surface area contributed by atoms with Crippen LogP contribution >= 0.6 is 0 Å². The highest BCUT2D eigenvalue weighted by Gasteiger charge is 2.26. The zero-order valence-electron chi connectivity index (χ0n) is 14.4. The average molecular weight is 366 g/mol. The Labute approximate surface area is 148 Å². The van der Waals surface area contributed by atoms with Gasteiger partial charge in [0.2, 0.25) is 9.84 Å². The van der Waals surface area contributed by atoms with Crippen molar-refractivity contribution >= 4 is 9.84 Å². The minimum atomic E-state index is -4.53. The predicted octanol–water partition coefficient (Wildman–Crippen LogP) is 5.86. The Morgan fingerprint density at radius 2 is 1.32 bits per heavy atom. The molecule has 0 atom stereocenters. The van der Waals surface area contributed by atoms with E-state index in [0.717, 1.165) is 17.5 Å². The topological polar surface area (TPSA) is 34.1 Å². The monoisotopic (exact) mass is 366 g/mol. The average Bonchev–Trinajstić information content (AvgIpc) is 2.62. The number of benzene rings is 2. The predicted molar refractivity (Wildman–Crippen MR) is 97.5 cm³/mol. The van der Waals surface area contributed by atoms with Crippen LogP contribution in [-0.4, -0.2) is 14.2 Å². The van der Waals surface area contributed by atoms with E-state index in [9.17, 15) is 17.2 Å². The number of unbranched alkanes of at least 4 members (excludes halogenated alkanes) is 4. The third-order valence-corrected chi connectivity index (χ3v) is 5.67. The zero-order chi connectivity index (χ0) is 18.3. The highest BCUT2D eigenvalue weighted by Crippen LogP contribution is 2.24. The van der Waals surface area contributed by atoms with Crippen LogP contribution in [0.15, 0.2) is 53.4 Å². The van der Waals surface area contributed by atoms with Crippen molar-refractivity contribution in [2.75, 3.05) is 0 Å². The van der Waals surface area contributed by atoms with Crippen LogP contribution in [0.25, 0.3) is 11.1 Å². The van der Waals surface area contributed by atoms with Crippen molar-refractivity contribution in [1.29, 1.82) is 0 Å². The Hall–Kier alpha value is -1.75. The molecule has 0 bridgehead atoms. The number of rotatable bonds is 9. The van der Waals surface area contributed by atoms with Crippen LogP contribution in [0.1, 0.15) is 44.6 Å². The van der Waals surface area contributed by atoms with Gasteiger partial charge in [-0.3, -0.25) is 0 Å². The molecule has 0 fully saturated rings. The molecule has 0 spiro atoms. The first-order chi connectivity index (χ1) is 11.9. The highest BCUT2D eigenvalue weighted by molar-refractivity contribution is 7.91. The van der Waals surface area contributed by atoms with E-state index in [1.54, 1.807) is 12.1 Å². The molecule has 0 aromatic heterocycles. The summed E-state index contributed by atoms with van der Waals surface area (Å²) in [5.74, 6) is -3.39. The molecule has 0 amide bonds. The van der Waals surface area contributed by atoms with Gasteiger partial charge in [-0.25, -0.2) is 8.42 Å². The van der Waals surface area contributed by atoms with Crippen LogP contribution in [0.5, 0.6) is 0 Å². The molecule has 0 N–H and O–H groups in total. The lowest BCUT2D eigenvalue weighted by atomic mass is 10.0. The quantitative estimate of drug-likeness (QED) is 0.521. The first-order valence-corrected chi connectivity index (χ1v) is 10.2. The molecule has 136 valence electrons. The Morgan fingerprint density at radius 3 is 1.84 bits per heavy atom. The molecule has 0 aliphatic rings. The molecule has 2 nitrogen and oxygen atoms in total. The molecule has 0 radical (unpaired) electrons. The number of hydrogen-bond donors (Lipinski definition) is 0. The van der Waals surface area contributed by atoms with Gasteiger partial charge in [-0.2, -0.15) is 8.78 Å². The highest BCUT2D eigenvalue weighted by atomic mass is 32.2. The molecule has 0 aliphatic heterocycles. The smallest absolute Gasteiger partial charge is 0.218 e. The van der Waals surface area contributed by atoms with Crippen molar-refractivity contribution < 1.29 is 17.2 Å². The second kappa shape index (κ2) is 9.09. The van der Waals surface area contributed by atoms with E-state index in [0.29, 0.717) is 0 Å². The number of halogens is 2. The molecule has 25 heavy (non-hydrogen) atoms. The van der Waals surface area contributed by atoms with Gasteiger partial charge in [0, 0.05) is 0 Å². The lowest BCUT2D eigenvalue weighted by molar-refractivity contribution is 0.234. The van der Waals surface area contributed by atoms with Gasteiger partial charge in [-0.1, -0.05) is 69.0 Å². The van der Waals surface area contributed by atoms with Crippen molar-refractivity contribution in [3.63, 3.8) is 0 Å². The molecule has 2 rings (SSSR count). The first kappa shape index (κ1) is 19.6. The lowest BCUT2D eigenvalue weighted by Gasteiger charge is -2.07. The summed E-state index contributed by atoms with van der Waals surface area (Å²) in [7, 11) is -4.53. The Balaban J connectivity index is 2.00. The Kier molecular flexibility index (Phi) is 7.12. The van der Waals surface area contributed by atoms with Gasteiger partial charge in [0.1, 0.15) is 0 Å². The van der Waals surface area contributed by atoms with E-state index in [4.69, 9.17) is 0 Å². The zero-order valence-corrected chi connectivity index (χ0v) is 15.2. The van der Waals surface area contributed by atoms with Crippen molar-refractivity contribution in [2.45, 2.75) is 56.1 Å². The van der Waals surface area contributed by atoms with E-state index in [1.807, 2.05) is 12.1 Å². The molecule has 0 aliphatic carbocycles. The Morgan fingerprint density at radius 1 is 0.800 bits per heavy atom. The summed E-state index contributed by atoms with van der Waals surface area (Å²) in [5.41, 5.74) is 3.02. The number of alkyl halides is 2. The third-order valence-electron chi connectivity index (χ3n) is 4.27. The number of hydrogen-bond acceptors (Lipinski definition) is 2. The molecule has 2 aromatic rings. The normalized spacial score (nSPS) is 11.8. The molecule has 5 heteroatoms. The van der Waals surface area contributed by atoms with E-state index < -0.39 is 15.6 Å². The maximum absolute atomic E-state index is 12.5. The molecule has 0 saturated heterocycles. The van der Waals surface area contributed by atoms with E-state index >= 15 is 0 Å². The standard InChI is InChI=1S/C20H24F2O2S/c1-2-3-4-5-6-7-16-8-10-17(11-9-16)18-12-14-19(15-13-18)25(23,24)20(21)22/h8-15,20H,2-7H2,1H3. The van der Waals surface area contributed by atoms with Gasteiger partial charge in [-0.05, 0) is 41.7 Å². The first-order valence-electron chi connectivity index (χ1n) is 8.66. The van der Waals surface area contributed by atoms with Gasteiger partial charge in [0.25, 0.3) is 0 Å². The largest absolute Gasteiger partial charge is 0.341 e. The second-order valence-electron chi connectivity index (χ2n) is 6.19. The van der Waals surface area contributed by atoms with E-state index in [2.05, 4.69) is 19.1 Å². The maximum Gasteiger partial charge on any atom is 0.341 e.